The van der Waals surface area contributed by atoms with Crippen LogP contribution >= 0.6 is 0 Å². The van der Waals surface area contributed by atoms with Crippen molar-refractivity contribution in [2.75, 3.05) is 11.9 Å². The van der Waals surface area contributed by atoms with Crippen molar-refractivity contribution in [3.8, 4) is 0 Å². The second kappa shape index (κ2) is 5.52. The third kappa shape index (κ3) is 2.72. The summed E-state index contributed by atoms with van der Waals surface area (Å²) in [5, 5.41) is 7.81. The van der Waals surface area contributed by atoms with Crippen molar-refractivity contribution in [2.24, 2.45) is 5.73 Å². The number of anilines is 1. The summed E-state index contributed by atoms with van der Waals surface area (Å²) in [7, 11) is 1.98. The van der Waals surface area contributed by atoms with Crippen molar-refractivity contribution in [3.63, 3.8) is 0 Å². The van der Waals surface area contributed by atoms with Crippen LogP contribution < -0.4 is 10.6 Å². The zero-order valence-electron chi connectivity index (χ0n) is 12.1. The maximum Gasteiger partial charge on any atom is 0.139 e. The van der Waals surface area contributed by atoms with E-state index in [0.717, 1.165) is 41.9 Å². The molecule has 21 heavy (non-hydrogen) atoms. The first-order valence-corrected chi connectivity index (χ1v) is 7.12. The number of aromatic nitrogens is 2. The molecule has 3 N–H and O–H groups in total. The predicted octanol–water partition coefficient (Wildman–Crippen LogP) is 1.89. The monoisotopic (exact) mass is 281 g/mol. The summed E-state index contributed by atoms with van der Waals surface area (Å²) < 4.78 is 0. The van der Waals surface area contributed by atoms with Crippen molar-refractivity contribution < 1.29 is 0 Å². The Hall–Kier alpha value is -2.43. The van der Waals surface area contributed by atoms with Crippen LogP contribution in [0.15, 0.2) is 30.6 Å². The molecule has 5 heteroatoms. The van der Waals surface area contributed by atoms with Gasteiger partial charge in [0.25, 0.3) is 0 Å². The molecule has 2 aromatic heterocycles. The van der Waals surface area contributed by atoms with Crippen LogP contribution in [0, 0.1) is 5.41 Å². The molecule has 0 atom stereocenters. The first-order chi connectivity index (χ1) is 10.1. The van der Waals surface area contributed by atoms with E-state index in [0.29, 0.717) is 6.54 Å². The Bertz CT molecular complexity index is 666. The minimum absolute atomic E-state index is 0.0776. The van der Waals surface area contributed by atoms with E-state index in [1.165, 1.54) is 5.56 Å². The Morgan fingerprint density at radius 3 is 2.81 bits per heavy atom. The highest BCUT2D eigenvalue weighted by molar-refractivity contribution is 5.99. The number of nitrogens with zero attached hydrogens (tertiary/aromatic N) is 3. The topological polar surface area (TPSA) is 78.9 Å². The van der Waals surface area contributed by atoms with Gasteiger partial charge in [-0.1, -0.05) is 0 Å². The van der Waals surface area contributed by atoms with Gasteiger partial charge in [-0.15, -0.1) is 0 Å². The molecule has 0 spiro atoms. The van der Waals surface area contributed by atoms with Gasteiger partial charge in [-0.2, -0.15) is 0 Å². The Labute approximate surface area is 124 Å². The molecule has 2 aromatic rings. The van der Waals surface area contributed by atoms with Crippen LogP contribution in [0.3, 0.4) is 0 Å². The molecule has 0 fully saturated rings. The van der Waals surface area contributed by atoms with Crippen LogP contribution in [0.5, 0.6) is 0 Å². The van der Waals surface area contributed by atoms with E-state index in [2.05, 4.69) is 4.98 Å². The smallest absolute Gasteiger partial charge is 0.139 e. The van der Waals surface area contributed by atoms with E-state index in [4.69, 9.17) is 16.1 Å². The van der Waals surface area contributed by atoms with Gasteiger partial charge < -0.3 is 10.6 Å². The number of fused-ring (bicyclic) bond motifs is 1. The summed E-state index contributed by atoms with van der Waals surface area (Å²) in [4.78, 5) is 10.8. The zero-order chi connectivity index (χ0) is 14.8. The fourth-order valence-corrected chi connectivity index (χ4v) is 2.79. The highest BCUT2D eigenvalue weighted by atomic mass is 15.2. The molecule has 0 bridgehead atoms. The third-order valence-corrected chi connectivity index (χ3v) is 3.85. The van der Waals surface area contributed by atoms with E-state index in [1.54, 1.807) is 12.4 Å². The summed E-state index contributed by atoms with van der Waals surface area (Å²) in [6.07, 6.45) is 6.76. The number of rotatable bonds is 4. The highest BCUT2D eigenvalue weighted by Gasteiger charge is 2.19. The third-order valence-electron chi connectivity index (χ3n) is 3.85. The van der Waals surface area contributed by atoms with Crippen LogP contribution in [0.2, 0.25) is 0 Å². The molecule has 1 aliphatic rings. The summed E-state index contributed by atoms with van der Waals surface area (Å²) in [5.74, 6) is 0.869. The normalized spacial score (nSPS) is 13.0. The number of hydrogen-bond acceptors (Lipinski definition) is 4. The van der Waals surface area contributed by atoms with Gasteiger partial charge in [-0.3, -0.25) is 10.4 Å². The maximum atomic E-state index is 7.81. The Morgan fingerprint density at radius 1 is 1.33 bits per heavy atom. The van der Waals surface area contributed by atoms with Gasteiger partial charge in [0.15, 0.2) is 0 Å². The van der Waals surface area contributed by atoms with E-state index in [-0.39, 0.29) is 5.84 Å². The van der Waals surface area contributed by atoms with Gasteiger partial charge in [-0.05, 0) is 48.6 Å². The van der Waals surface area contributed by atoms with Crippen molar-refractivity contribution in [1.82, 2.24) is 9.97 Å². The molecule has 0 unspecified atom stereocenters. The summed E-state index contributed by atoms with van der Waals surface area (Å²) >= 11 is 0. The Morgan fingerprint density at radius 2 is 2.10 bits per heavy atom. The van der Waals surface area contributed by atoms with Gasteiger partial charge in [0.05, 0.1) is 5.56 Å². The van der Waals surface area contributed by atoms with Crippen LogP contribution in [0.1, 0.15) is 28.8 Å². The molecule has 0 radical (unpaired) electrons. The molecule has 1 aliphatic carbocycles. The lowest BCUT2D eigenvalue weighted by Crippen LogP contribution is -2.24. The van der Waals surface area contributed by atoms with Gasteiger partial charge in [-0.25, -0.2) is 4.98 Å². The fourth-order valence-electron chi connectivity index (χ4n) is 2.79. The van der Waals surface area contributed by atoms with E-state index in [9.17, 15) is 0 Å². The van der Waals surface area contributed by atoms with Gasteiger partial charge in [0.1, 0.15) is 11.7 Å². The first kappa shape index (κ1) is 13.5. The summed E-state index contributed by atoms with van der Waals surface area (Å²) in [6.45, 7) is 0.717. The lowest BCUT2D eigenvalue weighted by molar-refractivity contribution is 0.871. The average molecular weight is 281 g/mol. The fraction of sp³-hybridized carbons (Fsp3) is 0.312. The van der Waals surface area contributed by atoms with Crippen LogP contribution in [-0.4, -0.2) is 22.9 Å². The number of pyridine rings is 2. The highest BCUT2D eigenvalue weighted by Crippen LogP contribution is 2.27. The molecule has 3 rings (SSSR count). The van der Waals surface area contributed by atoms with Crippen LogP contribution in [0.25, 0.3) is 0 Å². The molecular formula is C16H19N5. The van der Waals surface area contributed by atoms with E-state index >= 15 is 0 Å². The standard InChI is InChI=1S/C16H19N5/c1-21(10-11-5-7-19-8-6-11)16-13(15(17)18)9-12-3-2-4-14(12)20-16/h5-9H,2-4,10H2,1H3,(H3,17,18). The molecule has 0 amide bonds. The first-order valence-electron chi connectivity index (χ1n) is 7.12. The second-order valence-electron chi connectivity index (χ2n) is 5.44. The summed E-state index contributed by atoms with van der Waals surface area (Å²) in [6, 6.07) is 6.00. The average Bonchev–Trinajstić information content (AvgIpc) is 2.94. The van der Waals surface area contributed by atoms with E-state index < -0.39 is 0 Å². The maximum absolute atomic E-state index is 7.81. The molecule has 5 nitrogen and oxygen atoms in total. The Kier molecular flexibility index (Phi) is 3.56. The number of hydrogen-bond donors (Lipinski definition) is 2. The van der Waals surface area contributed by atoms with Crippen molar-refractivity contribution in [2.45, 2.75) is 25.8 Å². The molecular weight excluding hydrogens is 262 g/mol. The number of nitrogens with one attached hydrogen (secondary N) is 1. The zero-order valence-corrected chi connectivity index (χ0v) is 12.1. The largest absolute Gasteiger partial charge is 0.384 e. The van der Waals surface area contributed by atoms with Crippen molar-refractivity contribution >= 4 is 11.7 Å². The number of nitrogen functional groups attached to an aromatic ring is 1. The van der Waals surface area contributed by atoms with E-state index in [1.807, 2.05) is 30.1 Å². The van der Waals surface area contributed by atoms with Gasteiger partial charge in [0, 0.05) is 31.7 Å². The molecule has 2 heterocycles. The minimum atomic E-state index is 0.0776. The molecule has 0 saturated heterocycles. The number of amidine groups is 1. The van der Waals surface area contributed by atoms with Crippen molar-refractivity contribution in [1.29, 1.82) is 5.41 Å². The quantitative estimate of drug-likeness (QED) is 0.662. The minimum Gasteiger partial charge on any atom is -0.384 e. The van der Waals surface area contributed by atoms with Gasteiger partial charge >= 0.3 is 0 Å². The van der Waals surface area contributed by atoms with Gasteiger partial charge in [0.2, 0.25) is 0 Å². The second-order valence-corrected chi connectivity index (χ2v) is 5.44. The molecule has 0 aromatic carbocycles. The Balaban J connectivity index is 1.95. The lowest BCUT2D eigenvalue weighted by Gasteiger charge is -2.22. The SMILES string of the molecule is CN(Cc1ccncc1)c1nc2c(cc1C(=N)N)CCC2. The van der Waals surface area contributed by atoms with Crippen LogP contribution in [0.4, 0.5) is 5.82 Å². The molecule has 0 aliphatic heterocycles. The van der Waals surface area contributed by atoms with Crippen molar-refractivity contribution in [3.05, 3.63) is 53.0 Å². The number of nitrogens with two attached hydrogens (primary N) is 1. The molecule has 108 valence electrons. The number of aryl methyl sites for hydroxylation is 2. The summed E-state index contributed by atoms with van der Waals surface area (Å²) in [5.41, 5.74) is 10.0. The van der Waals surface area contributed by atoms with Crippen LogP contribution in [-0.2, 0) is 19.4 Å². The predicted molar refractivity (Wildman–Crippen MR) is 83.6 cm³/mol. The molecule has 0 saturated carbocycles. The lowest BCUT2D eigenvalue weighted by atomic mass is 10.1.